The van der Waals surface area contributed by atoms with E-state index in [1.165, 1.54) is 0 Å². The molecule has 0 bridgehead atoms. The maximum Gasteiger partial charge on any atom is 1.00 e. The maximum absolute atomic E-state index is 12.3. The van der Waals surface area contributed by atoms with Crippen molar-refractivity contribution in [3.63, 3.8) is 0 Å². The minimum absolute atomic E-state index is 0. The van der Waals surface area contributed by atoms with E-state index in [1.54, 1.807) is 0 Å². The van der Waals surface area contributed by atoms with Crippen LogP contribution in [0, 0.1) is 0 Å². The van der Waals surface area contributed by atoms with Gasteiger partial charge in [0.15, 0.2) is 0 Å². The Morgan fingerprint density at radius 1 is 0.848 bits per heavy atom. The van der Waals surface area contributed by atoms with Crippen molar-refractivity contribution >= 4 is 33.9 Å². The predicted octanol–water partition coefficient (Wildman–Crippen LogP) is -16.3. The van der Waals surface area contributed by atoms with Crippen LogP contribution in [0.2, 0.25) is 0 Å². The summed E-state index contributed by atoms with van der Waals surface area (Å²) in [6.45, 7) is 2.06. The van der Waals surface area contributed by atoms with Crippen molar-refractivity contribution in [2.45, 2.75) is 56.7 Å². The summed E-state index contributed by atoms with van der Waals surface area (Å²) in [5, 5.41) is 30.2. The molecule has 0 N–H and O–H groups in total. The molecule has 2 atom stereocenters. The Labute approximate surface area is 281 Å². The van der Waals surface area contributed by atoms with Crippen molar-refractivity contribution in [3.05, 3.63) is 0 Å². The van der Waals surface area contributed by atoms with Crippen LogP contribution in [-0.4, -0.2) is 72.7 Å². The number of carboxylic acids is 3. The molecule has 0 aromatic rings. The number of aliphatic carboxylic acids is 3. The van der Waals surface area contributed by atoms with E-state index in [9.17, 15) is 47.5 Å². The smallest absolute Gasteiger partial charge is 0.747 e. The van der Waals surface area contributed by atoms with Gasteiger partial charge in [-0.05, 0) is 12.8 Å². The van der Waals surface area contributed by atoms with Gasteiger partial charge in [-0.2, -0.15) is 0 Å². The Balaban J connectivity index is -0.000000653. The molecule has 0 saturated carbocycles. The van der Waals surface area contributed by atoms with Crippen LogP contribution in [-0.2, 0) is 34.0 Å². The Morgan fingerprint density at radius 3 is 1.76 bits per heavy atom. The summed E-state index contributed by atoms with van der Waals surface area (Å²) >= 11 is 0. The molecule has 2 unspecified atom stereocenters. The van der Waals surface area contributed by atoms with Gasteiger partial charge in [0.05, 0.1) is 23.2 Å². The zero-order valence-electron chi connectivity index (χ0n) is 19.9. The maximum atomic E-state index is 12.3. The number of unbranched alkanes of at least 4 members (excludes halogenated alkanes) is 2. The number of carbonyl (C=O) groups is 4. The van der Waals surface area contributed by atoms with Gasteiger partial charge < -0.3 is 43.9 Å². The van der Waals surface area contributed by atoms with Crippen LogP contribution in [0.15, 0.2) is 0 Å². The Kier molecular flexibility index (Phi) is 32.7. The standard InChI is InChI=1S/C16H27NO11S.4Na/c1-2-3-4-7-28-8-5-6-17(11(15(21)22)9-14(19)20)13(18)10-12(16(23)24)29(25,26)27;;;;/h11-12H,2-10H2,1H3,(H,19,20)(H,21,22)(H,23,24)(H,25,26,27);;;;/q;4*+1/p-4. The van der Waals surface area contributed by atoms with E-state index < -0.39 is 64.6 Å². The summed E-state index contributed by atoms with van der Waals surface area (Å²) in [6, 6.07) is -2.05. The summed E-state index contributed by atoms with van der Waals surface area (Å²) < 4.78 is 38.3. The summed E-state index contributed by atoms with van der Waals surface area (Å²) in [5.74, 6) is -7.51. The number of amides is 1. The molecule has 0 aromatic carbocycles. The molecule has 0 spiro atoms. The molecule has 0 fully saturated rings. The van der Waals surface area contributed by atoms with Gasteiger partial charge in [0.25, 0.3) is 0 Å². The molecular weight excluding hydrogens is 506 g/mol. The molecule has 0 aliphatic rings. The summed E-state index contributed by atoms with van der Waals surface area (Å²) in [4.78, 5) is 45.7. The largest absolute Gasteiger partial charge is 1.00 e. The first-order chi connectivity index (χ1) is 13.4. The number of rotatable bonds is 16. The third kappa shape index (κ3) is 20.5. The molecule has 0 aromatic heterocycles. The molecular formula is C16H23NNa4O11S. The average Bonchev–Trinajstić information content (AvgIpc) is 2.58. The molecule has 17 heteroatoms. The second-order valence-electron chi connectivity index (χ2n) is 6.18. The first-order valence-corrected chi connectivity index (χ1v) is 10.3. The first-order valence-electron chi connectivity index (χ1n) is 8.85. The van der Waals surface area contributed by atoms with Crippen molar-refractivity contribution in [2.75, 3.05) is 19.8 Å². The van der Waals surface area contributed by atoms with Crippen LogP contribution in [0.25, 0.3) is 0 Å². The zero-order chi connectivity index (χ0) is 22.6. The van der Waals surface area contributed by atoms with Crippen LogP contribution in [0.1, 0.15) is 45.4 Å². The molecule has 1 amide bonds. The molecule has 0 radical (unpaired) electrons. The van der Waals surface area contributed by atoms with Crippen molar-refractivity contribution in [1.82, 2.24) is 4.90 Å². The van der Waals surface area contributed by atoms with Gasteiger partial charge in [0.2, 0.25) is 5.91 Å². The molecule has 33 heavy (non-hydrogen) atoms. The van der Waals surface area contributed by atoms with Crippen LogP contribution < -0.4 is 134 Å². The monoisotopic (exact) mass is 529 g/mol. The van der Waals surface area contributed by atoms with Crippen molar-refractivity contribution < 1.29 is 170 Å². The zero-order valence-corrected chi connectivity index (χ0v) is 28.7. The first kappa shape index (κ1) is 44.7. The molecule has 12 nitrogen and oxygen atoms in total. The second kappa shape index (κ2) is 24.1. The summed E-state index contributed by atoms with van der Waals surface area (Å²) in [5.41, 5.74) is 0. The van der Waals surface area contributed by atoms with Gasteiger partial charge >= 0.3 is 118 Å². The molecule has 0 saturated heterocycles. The molecule has 0 rings (SSSR count). The second-order valence-corrected chi connectivity index (χ2v) is 7.73. The van der Waals surface area contributed by atoms with Crippen LogP contribution in [0.5, 0.6) is 0 Å². The number of ether oxygens (including phenoxy) is 1. The van der Waals surface area contributed by atoms with Gasteiger partial charge in [-0.25, -0.2) is 8.42 Å². The summed E-state index contributed by atoms with van der Waals surface area (Å²) in [7, 11) is -5.48. The van der Waals surface area contributed by atoms with Gasteiger partial charge in [-0.1, -0.05) is 19.8 Å². The van der Waals surface area contributed by atoms with Crippen LogP contribution in [0.4, 0.5) is 0 Å². The van der Waals surface area contributed by atoms with Crippen molar-refractivity contribution in [3.8, 4) is 0 Å². The number of hydrogen-bond acceptors (Lipinski definition) is 11. The Bertz CT molecular complexity index is 694. The molecule has 0 aliphatic heterocycles. The molecule has 168 valence electrons. The van der Waals surface area contributed by atoms with E-state index in [0.29, 0.717) is 11.5 Å². The van der Waals surface area contributed by atoms with E-state index >= 15 is 0 Å². The fraction of sp³-hybridized carbons (Fsp3) is 0.750. The topological polar surface area (TPSA) is 207 Å². The predicted molar refractivity (Wildman–Crippen MR) is 88.2 cm³/mol. The molecule has 0 aliphatic carbocycles. The van der Waals surface area contributed by atoms with E-state index in [-0.39, 0.29) is 131 Å². The van der Waals surface area contributed by atoms with Crippen LogP contribution in [0.3, 0.4) is 0 Å². The fourth-order valence-electron chi connectivity index (χ4n) is 2.41. The van der Waals surface area contributed by atoms with Gasteiger partial charge in [0, 0.05) is 38.6 Å². The van der Waals surface area contributed by atoms with E-state index in [1.807, 2.05) is 6.92 Å². The van der Waals surface area contributed by atoms with E-state index in [2.05, 4.69) is 0 Å². The fourth-order valence-corrected chi connectivity index (χ4v) is 2.99. The van der Waals surface area contributed by atoms with E-state index in [0.717, 1.165) is 19.3 Å². The molecule has 0 heterocycles. The van der Waals surface area contributed by atoms with Gasteiger partial charge in [-0.15, -0.1) is 0 Å². The average molecular weight is 529 g/mol. The van der Waals surface area contributed by atoms with Gasteiger partial charge in [0.1, 0.15) is 10.1 Å². The third-order valence-electron chi connectivity index (χ3n) is 3.88. The summed E-state index contributed by atoms with van der Waals surface area (Å²) in [6.07, 6.45) is 0.116. The number of carbonyl (C=O) groups excluding carboxylic acids is 4. The Hall–Kier alpha value is 1.75. The minimum atomic E-state index is -5.48. The van der Waals surface area contributed by atoms with Crippen LogP contribution >= 0.6 is 0 Å². The third-order valence-corrected chi connectivity index (χ3v) is 4.94. The number of nitrogens with zero attached hydrogens (tertiary/aromatic N) is 1. The van der Waals surface area contributed by atoms with Crippen molar-refractivity contribution in [1.29, 1.82) is 0 Å². The Morgan fingerprint density at radius 2 is 1.36 bits per heavy atom. The number of hydrogen-bond donors (Lipinski definition) is 0. The normalized spacial score (nSPS) is 11.8. The number of carboxylic acid groups (broad SMARTS) is 3. The quantitative estimate of drug-likeness (QED) is 0.104. The van der Waals surface area contributed by atoms with E-state index in [4.69, 9.17) is 4.74 Å². The SMILES string of the molecule is CCCCCOCCCN(C(=O)CC(C(=O)[O-])S(=O)(=O)[O-])C(CC(=O)[O-])C(=O)[O-].[Na+].[Na+].[Na+].[Na+]. The minimum Gasteiger partial charge on any atom is -0.747 e. The van der Waals surface area contributed by atoms with Crippen molar-refractivity contribution in [2.24, 2.45) is 0 Å². The van der Waals surface area contributed by atoms with Gasteiger partial charge in [-0.3, -0.25) is 4.79 Å².